The number of carbonyl (C=O) groups excluding carboxylic acids is 1. The summed E-state index contributed by atoms with van der Waals surface area (Å²) >= 11 is 0. The molecule has 7 nitrogen and oxygen atoms in total. The van der Waals surface area contributed by atoms with Gasteiger partial charge in [0, 0.05) is 29.7 Å². The van der Waals surface area contributed by atoms with E-state index in [4.69, 9.17) is 4.98 Å². The molecule has 44 heavy (non-hydrogen) atoms. The first kappa shape index (κ1) is 31.0. The molecule has 1 aliphatic carbocycles. The van der Waals surface area contributed by atoms with E-state index < -0.39 is 17.2 Å². The number of amides is 1. The second-order valence-electron chi connectivity index (χ2n) is 11.2. The molecule has 4 N–H and O–H groups in total. The largest absolute Gasteiger partial charge is 0.416 e. The highest BCUT2D eigenvalue weighted by Gasteiger charge is 2.44. The number of carbonyl (C=O) groups is 1. The van der Waals surface area contributed by atoms with Crippen molar-refractivity contribution in [1.82, 2.24) is 15.3 Å². The molecule has 10 heteroatoms. The van der Waals surface area contributed by atoms with Crippen molar-refractivity contribution in [2.75, 3.05) is 36.1 Å². The van der Waals surface area contributed by atoms with Crippen LogP contribution in [0.3, 0.4) is 0 Å². The van der Waals surface area contributed by atoms with Gasteiger partial charge >= 0.3 is 6.18 Å². The minimum absolute atomic E-state index is 0.288. The molecule has 0 unspecified atom stereocenters. The molecule has 1 heterocycles. The molecule has 0 spiro atoms. The maximum Gasteiger partial charge on any atom is 0.416 e. The molecule has 5 rings (SSSR count). The number of nitrogens with zero attached hydrogens (tertiary/aromatic N) is 2. The molecule has 1 saturated carbocycles. The lowest BCUT2D eigenvalue weighted by molar-refractivity contribution is -0.137. The predicted molar refractivity (Wildman–Crippen MR) is 169 cm³/mol. The number of anilines is 4. The van der Waals surface area contributed by atoms with E-state index in [0.29, 0.717) is 42.4 Å². The van der Waals surface area contributed by atoms with Gasteiger partial charge in [-0.25, -0.2) is 4.98 Å². The smallest absolute Gasteiger partial charge is 0.369 e. The summed E-state index contributed by atoms with van der Waals surface area (Å²) in [7, 11) is 1.91. The van der Waals surface area contributed by atoms with Gasteiger partial charge in [0.15, 0.2) is 0 Å². The Kier molecular flexibility index (Phi) is 9.49. The van der Waals surface area contributed by atoms with Crippen LogP contribution in [-0.2, 0) is 16.4 Å². The quantitative estimate of drug-likeness (QED) is 0.132. The summed E-state index contributed by atoms with van der Waals surface area (Å²) in [5.41, 5.74) is 2.91. The minimum atomic E-state index is -4.47. The van der Waals surface area contributed by atoms with Crippen LogP contribution in [0, 0.1) is 6.92 Å². The van der Waals surface area contributed by atoms with Crippen LogP contribution in [0.5, 0.6) is 0 Å². The van der Waals surface area contributed by atoms with Crippen molar-refractivity contribution in [2.24, 2.45) is 0 Å². The van der Waals surface area contributed by atoms with Crippen molar-refractivity contribution >= 4 is 29.0 Å². The van der Waals surface area contributed by atoms with Gasteiger partial charge in [-0.2, -0.15) is 18.2 Å². The van der Waals surface area contributed by atoms with Crippen LogP contribution in [0.1, 0.15) is 48.8 Å². The van der Waals surface area contributed by atoms with Gasteiger partial charge in [-0.15, -0.1) is 0 Å². The van der Waals surface area contributed by atoms with Crippen molar-refractivity contribution in [3.8, 4) is 11.1 Å². The van der Waals surface area contributed by atoms with Crippen molar-refractivity contribution in [3.05, 3.63) is 95.7 Å². The van der Waals surface area contributed by atoms with E-state index in [1.54, 1.807) is 24.4 Å². The van der Waals surface area contributed by atoms with Crippen LogP contribution in [0.2, 0.25) is 0 Å². The first-order valence-electron chi connectivity index (χ1n) is 14.9. The molecular formula is C34H37F3N6O. The zero-order chi connectivity index (χ0) is 31.2. The summed E-state index contributed by atoms with van der Waals surface area (Å²) in [5.74, 6) is 0.858. The molecule has 230 valence electrons. The van der Waals surface area contributed by atoms with Gasteiger partial charge in [0.05, 0.1) is 11.0 Å². The van der Waals surface area contributed by atoms with Crippen LogP contribution in [0.4, 0.5) is 36.3 Å². The number of hydrogen-bond acceptors (Lipinski definition) is 6. The molecule has 1 aromatic heterocycles. The highest BCUT2D eigenvalue weighted by atomic mass is 19.4. The van der Waals surface area contributed by atoms with E-state index >= 15 is 0 Å². The Hall–Kier alpha value is -4.44. The first-order chi connectivity index (χ1) is 21.2. The maximum absolute atomic E-state index is 13.7. The number of aromatic nitrogens is 2. The Morgan fingerprint density at radius 1 is 0.932 bits per heavy atom. The van der Waals surface area contributed by atoms with Crippen molar-refractivity contribution in [2.45, 2.75) is 50.6 Å². The van der Waals surface area contributed by atoms with E-state index in [-0.39, 0.29) is 5.91 Å². The molecule has 4 aromatic rings. The normalized spacial score (nSPS) is 14.3. The van der Waals surface area contributed by atoms with Crippen molar-refractivity contribution < 1.29 is 18.0 Å². The van der Waals surface area contributed by atoms with Gasteiger partial charge in [-0.05, 0) is 86.8 Å². The highest BCUT2D eigenvalue weighted by molar-refractivity contribution is 5.99. The van der Waals surface area contributed by atoms with E-state index in [1.165, 1.54) is 6.07 Å². The number of rotatable bonds is 11. The van der Waals surface area contributed by atoms with E-state index in [1.807, 2.05) is 50.4 Å². The Balaban J connectivity index is 1.36. The number of nitrogens with one attached hydrogen (secondary N) is 4. The minimum Gasteiger partial charge on any atom is -0.369 e. The standard InChI is InChI=1S/C34H37F3N6O/c1-23-8-5-11-28(20-23)42-32-40-22-29(30(43-32)39-19-7-18-38-2)24-12-14-27(15-13-24)41-31(44)33(16-3-4-17-33)25-9-6-10-26(21-25)34(35,36)37/h5-6,8-15,20-22,38H,3-4,7,16-19H2,1-2H3,(H,41,44)(H2,39,40,42,43). The summed E-state index contributed by atoms with van der Waals surface area (Å²) < 4.78 is 40.4. The van der Waals surface area contributed by atoms with Gasteiger partial charge < -0.3 is 21.3 Å². The Bertz CT molecular complexity index is 1580. The fourth-order valence-corrected chi connectivity index (χ4v) is 5.71. The van der Waals surface area contributed by atoms with Crippen LogP contribution in [0.25, 0.3) is 11.1 Å². The predicted octanol–water partition coefficient (Wildman–Crippen LogP) is 7.69. The molecule has 0 radical (unpaired) electrons. The summed E-state index contributed by atoms with van der Waals surface area (Å²) in [5, 5.41) is 12.8. The molecule has 0 atom stereocenters. The average Bonchev–Trinajstić information content (AvgIpc) is 3.51. The Morgan fingerprint density at radius 3 is 2.39 bits per heavy atom. The topological polar surface area (TPSA) is 91.0 Å². The van der Waals surface area contributed by atoms with Gasteiger partial charge in [-0.1, -0.05) is 55.3 Å². The van der Waals surface area contributed by atoms with Crippen LogP contribution in [0.15, 0.2) is 79.0 Å². The highest BCUT2D eigenvalue weighted by Crippen LogP contribution is 2.44. The van der Waals surface area contributed by atoms with E-state index in [0.717, 1.165) is 60.3 Å². The van der Waals surface area contributed by atoms with E-state index in [9.17, 15) is 18.0 Å². The molecule has 1 amide bonds. The van der Waals surface area contributed by atoms with E-state index in [2.05, 4.69) is 26.3 Å². The zero-order valence-electron chi connectivity index (χ0n) is 24.9. The summed E-state index contributed by atoms with van der Waals surface area (Å²) in [6.07, 6.45) is 0.756. The van der Waals surface area contributed by atoms with Crippen LogP contribution in [-0.4, -0.2) is 36.0 Å². The van der Waals surface area contributed by atoms with Gasteiger partial charge in [0.2, 0.25) is 11.9 Å². The van der Waals surface area contributed by atoms with Crippen LogP contribution < -0.4 is 21.3 Å². The Labute approximate surface area is 255 Å². The lowest BCUT2D eigenvalue weighted by Gasteiger charge is -2.29. The summed E-state index contributed by atoms with van der Waals surface area (Å²) in [6, 6.07) is 20.5. The number of benzene rings is 3. The average molecular weight is 603 g/mol. The fraction of sp³-hybridized carbons (Fsp3) is 0.324. The molecule has 1 aliphatic rings. The second kappa shape index (κ2) is 13.5. The Morgan fingerprint density at radius 2 is 1.68 bits per heavy atom. The molecule has 0 saturated heterocycles. The number of hydrogen-bond donors (Lipinski definition) is 4. The fourth-order valence-electron chi connectivity index (χ4n) is 5.71. The van der Waals surface area contributed by atoms with Gasteiger partial charge in [-0.3, -0.25) is 4.79 Å². The molecule has 0 bridgehead atoms. The first-order valence-corrected chi connectivity index (χ1v) is 14.9. The van der Waals surface area contributed by atoms with Gasteiger partial charge in [0.25, 0.3) is 0 Å². The second-order valence-corrected chi connectivity index (χ2v) is 11.2. The third kappa shape index (κ3) is 7.19. The van der Waals surface area contributed by atoms with Crippen molar-refractivity contribution in [3.63, 3.8) is 0 Å². The molecule has 3 aromatic carbocycles. The molecule has 1 fully saturated rings. The third-order valence-corrected chi connectivity index (χ3v) is 8.05. The zero-order valence-corrected chi connectivity index (χ0v) is 24.9. The molecular weight excluding hydrogens is 565 g/mol. The van der Waals surface area contributed by atoms with Gasteiger partial charge in [0.1, 0.15) is 5.82 Å². The number of aryl methyl sites for hydroxylation is 1. The number of alkyl halides is 3. The summed E-state index contributed by atoms with van der Waals surface area (Å²) in [6.45, 7) is 3.59. The monoisotopic (exact) mass is 602 g/mol. The maximum atomic E-state index is 13.7. The van der Waals surface area contributed by atoms with Crippen LogP contribution >= 0.6 is 0 Å². The van der Waals surface area contributed by atoms with Crippen molar-refractivity contribution in [1.29, 1.82) is 0 Å². The molecule has 0 aliphatic heterocycles. The summed E-state index contributed by atoms with van der Waals surface area (Å²) in [4.78, 5) is 23.0. The lowest BCUT2D eigenvalue weighted by atomic mass is 9.77. The number of halogens is 3. The third-order valence-electron chi connectivity index (χ3n) is 8.05. The SMILES string of the molecule is CNCCCNc1nc(Nc2cccc(C)c2)ncc1-c1ccc(NC(=O)C2(c3cccc(C(F)(F)F)c3)CCCC2)cc1. The lowest BCUT2D eigenvalue weighted by Crippen LogP contribution is -2.38.